The minimum absolute atomic E-state index is 0.150. The molecule has 1 fully saturated rings. The number of carbonyl (C=O) groups excluding carboxylic acids is 3. The molecule has 0 bridgehead atoms. The van der Waals surface area contributed by atoms with Crippen molar-refractivity contribution in [1.82, 2.24) is 10.2 Å². The maximum Gasteiger partial charge on any atom is 0.262 e. The zero-order chi connectivity index (χ0) is 18.7. The van der Waals surface area contributed by atoms with E-state index in [-0.39, 0.29) is 18.1 Å². The summed E-state index contributed by atoms with van der Waals surface area (Å²) in [5.74, 6) is -0.995. The molecule has 1 N–H and O–H groups in total. The number of nitrogens with one attached hydrogen (secondary N) is 1. The van der Waals surface area contributed by atoms with Crippen molar-refractivity contribution in [3.05, 3.63) is 35.4 Å². The Morgan fingerprint density at radius 2 is 1.73 bits per heavy atom. The van der Waals surface area contributed by atoms with Crippen LogP contribution in [0.25, 0.3) is 0 Å². The third-order valence-electron chi connectivity index (χ3n) is 4.50. The molecule has 0 aromatic heterocycles. The molecule has 1 aromatic carbocycles. The number of benzene rings is 1. The number of hydrogen-bond donors (Lipinski definition) is 1. The van der Waals surface area contributed by atoms with Gasteiger partial charge in [0.25, 0.3) is 11.8 Å². The maximum atomic E-state index is 12.7. The second-order valence-corrected chi connectivity index (χ2v) is 6.92. The molecule has 2 aliphatic heterocycles. The molecule has 7 heteroatoms. The maximum absolute atomic E-state index is 12.7. The smallest absolute Gasteiger partial charge is 0.262 e. The van der Waals surface area contributed by atoms with Gasteiger partial charge in [-0.05, 0) is 24.5 Å². The van der Waals surface area contributed by atoms with E-state index in [1.54, 1.807) is 24.3 Å². The fourth-order valence-electron chi connectivity index (χ4n) is 3.27. The standard InChI is InChI=1S/C19H24N2O5/c1-12(2)11-15(17(22)20-8-7-16-25-9-10-26-16)21-18(23)13-5-3-4-6-14(13)19(21)24/h3-6,12,15-16H,7-11H2,1-2H3,(H,20,22). The summed E-state index contributed by atoms with van der Waals surface area (Å²) >= 11 is 0. The Morgan fingerprint density at radius 1 is 1.15 bits per heavy atom. The number of fused-ring (bicyclic) bond motifs is 1. The van der Waals surface area contributed by atoms with Crippen molar-refractivity contribution in [2.24, 2.45) is 5.92 Å². The molecule has 1 atom stereocenters. The molecular formula is C19H24N2O5. The summed E-state index contributed by atoms with van der Waals surface area (Å²) in [7, 11) is 0. The molecule has 3 amide bonds. The van der Waals surface area contributed by atoms with Gasteiger partial charge in [-0.3, -0.25) is 19.3 Å². The van der Waals surface area contributed by atoms with E-state index in [2.05, 4.69) is 5.32 Å². The van der Waals surface area contributed by atoms with E-state index in [0.717, 1.165) is 4.90 Å². The van der Waals surface area contributed by atoms with Crippen molar-refractivity contribution < 1.29 is 23.9 Å². The van der Waals surface area contributed by atoms with Crippen LogP contribution in [0.3, 0.4) is 0 Å². The Balaban J connectivity index is 1.70. The third kappa shape index (κ3) is 3.78. The van der Waals surface area contributed by atoms with E-state index in [9.17, 15) is 14.4 Å². The third-order valence-corrected chi connectivity index (χ3v) is 4.50. The average Bonchev–Trinajstić information content (AvgIpc) is 3.21. The lowest BCUT2D eigenvalue weighted by Crippen LogP contribution is -2.50. The highest BCUT2D eigenvalue weighted by Crippen LogP contribution is 2.27. The Hall–Kier alpha value is -2.25. The first-order valence-electron chi connectivity index (χ1n) is 8.97. The summed E-state index contributed by atoms with van der Waals surface area (Å²) in [5, 5.41) is 2.81. The molecular weight excluding hydrogens is 336 g/mol. The fourth-order valence-corrected chi connectivity index (χ4v) is 3.27. The van der Waals surface area contributed by atoms with Crippen LogP contribution in [0.2, 0.25) is 0 Å². The predicted octanol–water partition coefficient (Wildman–Crippen LogP) is 1.58. The summed E-state index contributed by atoms with van der Waals surface area (Å²) in [6, 6.07) is 5.84. The van der Waals surface area contributed by atoms with Crippen molar-refractivity contribution >= 4 is 17.7 Å². The van der Waals surface area contributed by atoms with Crippen LogP contribution >= 0.6 is 0 Å². The Kier molecular flexibility index (Phi) is 5.68. The summed E-state index contributed by atoms with van der Waals surface area (Å²) < 4.78 is 10.7. The van der Waals surface area contributed by atoms with Crippen LogP contribution in [0.1, 0.15) is 47.4 Å². The molecule has 1 saturated heterocycles. The van der Waals surface area contributed by atoms with Crippen molar-refractivity contribution in [2.75, 3.05) is 19.8 Å². The minimum atomic E-state index is -0.826. The molecule has 0 saturated carbocycles. The fraction of sp³-hybridized carbons (Fsp3) is 0.526. The van der Waals surface area contributed by atoms with E-state index >= 15 is 0 Å². The average molecular weight is 360 g/mol. The quantitative estimate of drug-likeness (QED) is 0.746. The van der Waals surface area contributed by atoms with Gasteiger partial charge in [-0.15, -0.1) is 0 Å². The Bertz CT molecular complexity index is 662. The van der Waals surface area contributed by atoms with Crippen LogP contribution in [0.4, 0.5) is 0 Å². The molecule has 3 rings (SSSR count). The normalized spacial score (nSPS) is 18.5. The topological polar surface area (TPSA) is 84.9 Å². The second kappa shape index (κ2) is 7.97. The van der Waals surface area contributed by atoms with Gasteiger partial charge in [0.1, 0.15) is 6.04 Å². The van der Waals surface area contributed by atoms with Crippen LogP contribution < -0.4 is 5.32 Å². The highest BCUT2D eigenvalue weighted by Gasteiger charge is 2.42. The first kappa shape index (κ1) is 18.5. The number of amides is 3. The monoisotopic (exact) mass is 360 g/mol. The number of ether oxygens (including phenoxy) is 2. The molecule has 0 radical (unpaired) electrons. The predicted molar refractivity (Wildman–Crippen MR) is 93.5 cm³/mol. The van der Waals surface area contributed by atoms with Crippen LogP contribution in [0.15, 0.2) is 24.3 Å². The van der Waals surface area contributed by atoms with E-state index in [1.165, 1.54) is 0 Å². The number of nitrogens with zero attached hydrogens (tertiary/aromatic N) is 1. The Labute approximate surface area is 152 Å². The number of hydrogen-bond acceptors (Lipinski definition) is 5. The molecule has 7 nitrogen and oxygen atoms in total. The molecule has 140 valence electrons. The minimum Gasteiger partial charge on any atom is -0.354 e. The number of rotatable bonds is 7. The SMILES string of the molecule is CC(C)CC(C(=O)NCCC1OCCO1)N1C(=O)c2ccccc2C1=O. The summed E-state index contributed by atoms with van der Waals surface area (Å²) in [6.45, 7) is 5.39. The van der Waals surface area contributed by atoms with Crippen molar-refractivity contribution in [3.8, 4) is 0 Å². The molecule has 0 spiro atoms. The molecule has 0 aliphatic carbocycles. The van der Waals surface area contributed by atoms with Gasteiger partial charge >= 0.3 is 0 Å². The highest BCUT2D eigenvalue weighted by atomic mass is 16.7. The number of carbonyl (C=O) groups is 3. The van der Waals surface area contributed by atoms with Gasteiger partial charge in [0.15, 0.2) is 6.29 Å². The lowest BCUT2D eigenvalue weighted by atomic mass is 10.0. The van der Waals surface area contributed by atoms with E-state index in [0.29, 0.717) is 43.7 Å². The highest BCUT2D eigenvalue weighted by molar-refractivity contribution is 6.22. The van der Waals surface area contributed by atoms with E-state index in [1.807, 2.05) is 13.8 Å². The molecule has 2 aliphatic rings. The van der Waals surface area contributed by atoms with E-state index in [4.69, 9.17) is 9.47 Å². The first-order chi connectivity index (χ1) is 12.5. The van der Waals surface area contributed by atoms with Gasteiger partial charge in [-0.25, -0.2) is 0 Å². The molecule has 1 unspecified atom stereocenters. The van der Waals surface area contributed by atoms with Crippen LogP contribution in [0, 0.1) is 5.92 Å². The largest absolute Gasteiger partial charge is 0.354 e. The lowest BCUT2D eigenvalue weighted by Gasteiger charge is -2.27. The van der Waals surface area contributed by atoms with Gasteiger partial charge in [0.05, 0.1) is 24.3 Å². The summed E-state index contributed by atoms with van der Waals surface area (Å²) in [4.78, 5) is 39.2. The lowest BCUT2D eigenvalue weighted by molar-refractivity contribution is -0.125. The van der Waals surface area contributed by atoms with Gasteiger partial charge in [-0.1, -0.05) is 26.0 Å². The van der Waals surface area contributed by atoms with Crippen molar-refractivity contribution in [2.45, 2.75) is 39.0 Å². The van der Waals surface area contributed by atoms with Crippen molar-refractivity contribution in [3.63, 3.8) is 0 Å². The zero-order valence-corrected chi connectivity index (χ0v) is 15.1. The van der Waals surface area contributed by atoms with Gasteiger partial charge in [-0.2, -0.15) is 0 Å². The molecule has 2 heterocycles. The van der Waals surface area contributed by atoms with E-state index < -0.39 is 17.9 Å². The van der Waals surface area contributed by atoms with Crippen LogP contribution in [-0.2, 0) is 14.3 Å². The molecule has 1 aromatic rings. The zero-order valence-electron chi connectivity index (χ0n) is 15.1. The first-order valence-corrected chi connectivity index (χ1v) is 8.97. The van der Waals surface area contributed by atoms with Crippen LogP contribution in [0.5, 0.6) is 0 Å². The summed E-state index contributed by atoms with van der Waals surface area (Å²) in [5.41, 5.74) is 0.707. The number of imide groups is 1. The van der Waals surface area contributed by atoms with Crippen molar-refractivity contribution in [1.29, 1.82) is 0 Å². The Morgan fingerprint density at radius 3 is 2.27 bits per heavy atom. The van der Waals surface area contributed by atoms with Gasteiger partial charge in [0, 0.05) is 13.0 Å². The van der Waals surface area contributed by atoms with Gasteiger partial charge < -0.3 is 14.8 Å². The molecule has 26 heavy (non-hydrogen) atoms. The second-order valence-electron chi connectivity index (χ2n) is 6.92. The summed E-state index contributed by atoms with van der Waals surface area (Å²) in [6.07, 6.45) is 0.633. The van der Waals surface area contributed by atoms with Gasteiger partial charge in [0.2, 0.25) is 5.91 Å². The van der Waals surface area contributed by atoms with Crippen LogP contribution in [-0.4, -0.2) is 54.7 Å².